The molecule has 0 fully saturated rings. The number of hydrogen-bond donors (Lipinski definition) is 0. The lowest BCUT2D eigenvalue weighted by molar-refractivity contribution is -0.209. The Morgan fingerprint density at radius 2 is 0.547 bits per heavy atom. The van der Waals surface area contributed by atoms with Crippen molar-refractivity contribution < 1.29 is 138 Å². The van der Waals surface area contributed by atoms with Crippen molar-refractivity contribution in [2.24, 2.45) is 21.7 Å². The van der Waals surface area contributed by atoms with E-state index in [1.165, 1.54) is 0 Å². The summed E-state index contributed by atoms with van der Waals surface area (Å²) in [6, 6.07) is 0. The lowest BCUT2D eigenvalue weighted by atomic mass is 9.91. The number of halogens is 14. The molecule has 0 spiro atoms. The Balaban J connectivity index is -0.000000450. The summed E-state index contributed by atoms with van der Waals surface area (Å²) in [5.74, 6) is -22.9. The Morgan fingerprint density at radius 1 is 0.333 bits per heavy atom. The summed E-state index contributed by atoms with van der Waals surface area (Å²) in [5.41, 5.74) is -2.85. The van der Waals surface area contributed by atoms with Crippen molar-refractivity contribution in [3.8, 4) is 0 Å². The molecule has 0 unspecified atom stereocenters. The molecule has 0 aliphatic rings. The average Bonchev–Trinajstić information content (AvgIpc) is 3.27. The van der Waals surface area contributed by atoms with Crippen LogP contribution in [0.25, 0.3) is 0 Å². The number of carbonyl (C=O) groups is 8. The zero-order chi connectivity index (χ0) is 60.3. The van der Waals surface area contributed by atoms with Crippen molar-refractivity contribution >= 4 is 47.8 Å². The molecule has 0 saturated carbocycles. The molecular weight excluding hydrogens is 1060 g/mol. The SMILES string of the molecule is CCC(C)(C)C(=O)OCCOC(=O)C(C)(F)F.CCC(C)(C)C(=O)OCCOC(=O)C(F)(F)CC(F)(F)F.CCC(C)(C)C(=O)OCCOC(=O)C(F)(F)CC(F)F.CCC(C)(C)C(=O)OCCOC(=O)C(F)(F)F. The third-order valence-electron chi connectivity index (χ3n) is 9.96. The highest BCUT2D eigenvalue weighted by Crippen LogP contribution is 2.33. The number of hydrogen-bond acceptors (Lipinski definition) is 16. The molecule has 0 amide bonds. The molecule has 0 atom stereocenters. The van der Waals surface area contributed by atoms with Crippen LogP contribution in [0.1, 0.15) is 129 Å². The molecule has 0 aromatic heterocycles. The first kappa shape index (κ1) is 76.3. The molecule has 0 rings (SSSR count). The zero-order valence-electron chi connectivity index (χ0n) is 43.8. The summed E-state index contributed by atoms with van der Waals surface area (Å²) in [6.07, 6.45) is -15.9. The van der Waals surface area contributed by atoms with Crippen LogP contribution in [0.3, 0.4) is 0 Å². The Labute approximate surface area is 424 Å². The molecule has 0 aromatic carbocycles. The summed E-state index contributed by atoms with van der Waals surface area (Å²) in [7, 11) is 0. The van der Waals surface area contributed by atoms with Gasteiger partial charge >= 0.3 is 77.9 Å². The molecule has 0 saturated heterocycles. The van der Waals surface area contributed by atoms with Gasteiger partial charge in [0, 0.05) is 6.92 Å². The van der Waals surface area contributed by atoms with E-state index in [2.05, 4.69) is 28.4 Å². The maximum Gasteiger partial charge on any atom is 0.490 e. The Bertz CT molecular complexity index is 1730. The maximum absolute atomic E-state index is 12.8. The number of ether oxygens (including phenoxy) is 8. The van der Waals surface area contributed by atoms with Crippen LogP contribution in [-0.2, 0) is 76.3 Å². The summed E-state index contributed by atoms with van der Waals surface area (Å²) in [4.78, 5) is 88.3. The summed E-state index contributed by atoms with van der Waals surface area (Å²) in [5, 5.41) is 0. The van der Waals surface area contributed by atoms with Crippen LogP contribution in [0.2, 0.25) is 0 Å². The second-order valence-corrected chi connectivity index (χ2v) is 18.2. The molecule has 0 bridgehead atoms. The van der Waals surface area contributed by atoms with Crippen molar-refractivity contribution in [2.75, 3.05) is 52.9 Å². The normalized spacial score (nSPS) is 12.4. The molecule has 16 nitrogen and oxygen atoms in total. The van der Waals surface area contributed by atoms with E-state index in [1.807, 2.05) is 6.92 Å². The van der Waals surface area contributed by atoms with Gasteiger partial charge in [-0.05, 0) is 81.1 Å². The fraction of sp³-hybridized carbons (Fsp3) is 0.822. The van der Waals surface area contributed by atoms with Crippen LogP contribution in [-0.4, -0.2) is 137 Å². The van der Waals surface area contributed by atoms with E-state index in [0.29, 0.717) is 32.6 Å². The van der Waals surface area contributed by atoms with E-state index in [0.717, 1.165) is 0 Å². The molecule has 0 heterocycles. The predicted molar refractivity (Wildman–Crippen MR) is 232 cm³/mol. The summed E-state index contributed by atoms with van der Waals surface area (Å²) < 4.78 is 205. The van der Waals surface area contributed by atoms with Gasteiger partial charge in [-0.25, -0.2) is 28.0 Å². The second-order valence-electron chi connectivity index (χ2n) is 18.2. The first-order valence-corrected chi connectivity index (χ1v) is 22.5. The molecule has 30 heteroatoms. The van der Waals surface area contributed by atoms with Gasteiger partial charge < -0.3 is 37.9 Å². The van der Waals surface area contributed by atoms with Gasteiger partial charge in [0.15, 0.2) is 0 Å². The minimum atomic E-state index is -5.19. The van der Waals surface area contributed by atoms with Crippen LogP contribution >= 0.6 is 0 Å². The van der Waals surface area contributed by atoms with Crippen LogP contribution in [0.5, 0.6) is 0 Å². The predicted octanol–water partition coefficient (Wildman–Crippen LogP) is 10.1. The molecule has 75 heavy (non-hydrogen) atoms. The topological polar surface area (TPSA) is 210 Å². The van der Waals surface area contributed by atoms with E-state index < -0.39 is 152 Å². The average molecular weight is 1130 g/mol. The Kier molecular flexibility index (Phi) is 33.6. The molecular formula is C45H68F14O16. The fourth-order valence-corrected chi connectivity index (χ4v) is 3.45. The van der Waals surface area contributed by atoms with Crippen molar-refractivity contribution in [1.82, 2.24) is 0 Å². The van der Waals surface area contributed by atoms with Gasteiger partial charge in [0.05, 0.1) is 28.1 Å². The molecule has 442 valence electrons. The number of carbonyl (C=O) groups excluding carboxylic acids is 8. The van der Waals surface area contributed by atoms with E-state index in [1.54, 1.807) is 76.2 Å². The fourth-order valence-electron chi connectivity index (χ4n) is 3.45. The minimum Gasteiger partial charge on any atom is -0.462 e. The standard InChI is InChI=1S/C12H17F5O4.C12H18F4O4.C11H18F2O4.C10H15F3O4/c1-4-10(2,3)8(18)20-5-6-21-9(19)11(13,14)7-12(15,16)17;1-4-11(2,3)9(17)19-5-6-20-10(18)12(15,16)7-8(13)14;1-5-10(2,3)8(14)16-6-7-17-9(15)11(4,12)13;1-4-9(2,3)7(14)16-5-6-17-8(15)10(11,12)13/h4-7H2,1-3H3;8H,4-7H2,1-3H3;5-7H2,1-4H3;4-6H2,1-3H3. The number of rotatable bonds is 26. The van der Waals surface area contributed by atoms with Gasteiger partial charge in [0.1, 0.15) is 59.3 Å². The van der Waals surface area contributed by atoms with Gasteiger partial charge in [0.2, 0.25) is 6.43 Å². The number of esters is 8. The first-order chi connectivity index (χ1) is 33.6. The highest BCUT2D eigenvalue weighted by molar-refractivity contribution is 5.79. The highest BCUT2D eigenvalue weighted by Gasteiger charge is 2.51. The minimum absolute atomic E-state index is 0.218. The van der Waals surface area contributed by atoms with Gasteiger partial charge in [0.25, 0.3) is 0 Å². The third-order valence-corrected chi connectivity index (χ3v) is 9.96. The van der Waals surface area contributed by atoms with Crippen molar-refractivity contribution in [1.29, 1.82) is 0 Å². The van der Waals surface area contributed by atoms with E-state index in [9.17, 15) is 99.8 Å². The summed E-state index contributed by atoms with van der Waals surface area (Å²) in [6.45, 7) is 16.9. The van der Waals surface area contributed by atoms with E-state index in [4.69, 9.17) is 9.47 Å². The maximum atomic E-state index is 12.8. The molecule has 0 radical (unpaired) electrons. The quantitative estimate of drug-likeness (QED) is 0.0341. The molecule has 0 aliphatic heterocycles. The van der Waals surface area contributed by atoms with Crippen LogP contribution in [0.15, 0.2) is 0 Å². The van der Waals surface area contributed by atoms with E-state index >= 15 is 0 Å². The second kappa shape index (κ2) is 33.0. The first-order valence-electron chi connectivity index (χ1n) is 22.5. The van der Waals surface area contributed by atoms with Crippen molar-refractivity contribution in [2.45, 2.75) is 165 Å². The van der Waals surface area contributed by atoms with E-state index in [-0.39, 0.29) is 19.8 Å². The third kappa shape index (κ3) is 34.9. The lowest BCUT2D eigenvalue weighted by Crippen LogP contribution is -2.36. The molecule has 0 aromatic rings. The van der Waals surface area contributed by atoms with Gasteiger partial charge in [-0.1, -0.05) is 27.7 Å². The lowest BCUT2D eigenvalue weighted by Gasteiger charge is -2.20. The monoisotopic (exact) mass is 1130 g/mol. The largest absolute Gasteiger partial charge is 0.490 e. The zero-order valence-corrected chi connectivity index (χ0v) is 43.8. The Hall–Kier alpha value is -5.22. The van der Waals surface area contributed by atoms with Crippen LogP contribution in [0, 0.1) is 21.7 Å². The van der Waals surface area contributed by atoms with Crippen LogP contribution < -0.4 is 0 Å². The van der Waals surface area contributed by atoms with Crippen LogP contribution in [0.4, 0.5) is 61.5 Å². The molecule has 0 N–H and O–H groups in total. The Morgan fingerprint density at radius 3 is 0.747 bits per heavy atom. The van der Waals surface area contributed by atoms with Gasteiger partial charge in [-0.3, -0.25) is 19.2 Å². The summed E-state index contributed by atoms with van der Waals surface area (Å²) >= 11 is 0. The number of alkyl halides is 14. The highest BCUT2D eigenvalue weighted by atomic mass is 19.4. The van der Waals surface area contributed by atoms with Crippen molar-refractivity contribution in [3.63, 3.8) is 0 Å². The molecule has 0 aliphatic carbocycles. The van der Waals surface area contributed by atoms with Crippen molar-refractivity contribution in [3.05, 3.63) is 0 Å². The van der Waals surface area contributed by atoms with Gasteiger partial charge in [-0.15, -0.1) is 0 Å². The van der Waals surface area contributed by atoms with Gasteiger partial charge in [-0.2, -0.15) is 52.7 Å². The smallest absolute Gasteiger partial charge is 0.462 e.